The van der Waals surface area contributed by atoms with Crippen molar-refractivity contribution in [1.82, 2.24) is 5.32 Å². The zero-order chi connectivity index (χ0) is 13.3. The summed E-state index contributed by atoms with van der Waals surface area (Å²) in [5.74, 6) is -1.08. The van der Waals surface area contributed by atoms with Crippen LogP contribution in [0, 0.1) is 0 Å². The summed E-state index contributed by atoms with van der Waals surface area (Å²) in [4.78, 5) is 24.6. The van der Waals surface area contributed by atoms with E-state index < -0.39 is 17.4 Å². The Bertz CT molecular complexity index is 491. The van der Waals surface area contributed by atoms with Crippen LogP contribution in [0.4, 0.5) is 5.69 Å². The number of rotatable bonds is 2. The van der Waals surface area contributed by atoms with Crippen molar-refractivity contribution in [2.24, 2.45) is 5.73 Å². The van der Waals surface area contributed by atoms with Crippen LogP contribution in [-0.4, -0.2) is 24.9 Å². The van der Waals surface area contributed by atoms with E-state index in [0.29, 0.717) is 18.8 Å². The Morgan fingerprint density at radius 2 is 2.06 bits per heavy atom. The molecule has 18 heavy (non-hydrogen) atoms. The summed E-state index contributed by atoms with van der Waals surface area (Å²) < 4.78 is 0. The number of amides is 2. The summed E-state index contributed by atoms with van der Waals surface area (Å²) in [6, 6.07) is 7.43. The van der Waals surface area contributed by atoms with Crippen LogP contribution in [0.25, 0.3) is 0 Å². The lowest BCUT2D eigenvalue weighted by Gasteiger charge is -2.28. The van der Waals surface area contributed by atoms with E-state index in [0.717, 1.165) is 5.56 Å². The van der Waals surface area contributed by atoms with Gasteiger partial charge >= 0.3 is 11.8 Å². The molecule has 0 atom stereocenters. The minimum Gasteiger partial charge on any atom is -0.346 e. The number of anilines is 1. The summed E-state index contributed by atoms with van der Waals surface area (Å²) in [5.41, 5.74) is 7.20. The number of nitrogens with zero attached hydrogens (tertiary/aromatic N) is 1. The minimum atomic E-state index is -0.557. The second-order valence-corrected chi connectivity index (χ2v) is 4.98. The maximum Gasteiger partial charge on any atom is 0.316 e. The molecule has 0 bridgehead atoms. The normalized spacial score (nSPS) is 16.7. The third-order valence-electron chi connectivity index (χ3n) is 2.96. The fourth-order valence-electron chi connectivity index (χ4n) is 1.90. The van der Waals surface area contributed by atoms with E-state index >= 15 is 0 Å². The van der Waals surface area contributed by atoms with Crippen molar-refractivity contribution in [2.45, 2.75) is 19.4 Å². The van der Waals surface area contributed by atoms with Gasteiger partial charge in [-0.15, -0.1) is 0 Å². The topological polar surface area (TPSA) is 75.4 Å². The van der Waals surface area contributed by atoms with Gasteiger partial charge in [-0.2, -0.15) is 0 Å². The highest BCUT2D eigenvalue weighted by Crippen LogP contribution is 2.23. The zero-order valence-electron chi connectivity index (χ0n) is 10.6. The maximum absolute atomic E-state index is 11.8. The van der Waals surface area contributed by atoms with Crippen molar-refractivity contribution in [3.8, 4) is 0 Å². The Morgan fingerprint density at radius 3 is 2.72 bits per heavy atom. The number of hydrogen-bond acceptors (Lipinski definition) is 3. The van der Waals surface area contributed by atoms with Crippen molar-refractivity contribution < 1.29 is 9.59 Å². The van der Waals surface area contributed by atoms with E-state index in [1.165, 1.54) is 4.90 Å². The molecule has 0 saturated carbocycles. The molecule has 0 radical (unpaired) electrons. The average molecular weight is 247 g/mol. The summed E-state index contributed by atoms with van der Waals surface area (Å²) in [5, 5.41) is 2.52. The fraction of sp³-hybridized carbons (Fsp3) is 0.385. The molecule has 1 aliphatic heterocycles. The van der Waals surface area contributed by atoms with Gasteiger partial charge in [0, 0.05) is 24.3 Å². The van der Waals surface area contributed by atoms with Crippen molar-refractivity contribution in [2.75, 3.05) is 18.0 Å². The lowest BCUT2D eigenvalue weighted by atomic mass is 9.95. The van der Waals surface area contributed by atoms with Crippen LogP contribution < -0.4 is 16.0 Å². The number of nitrogens with one attached hydrogen (secondary N) is 1. The molecule has 5 heteroatoms. The number of carbonyl (C=O) groups is 2. The van der Waals surface area contributed by atoms with E-state index in [-0.39, 0.29) is 0 Å². The van der Waals surface area contributed by atoms with Crippen LogP contribution in [0.3, 0.4) is 0 Å². The molecule has 0 aromatic heterocycles. The monoisotopic (exact) mass is 247 g/mol. The van der Waals surface area contributed by atoms with Gasteiger partial charge in [-0.1, -0.05) is 12.1 Å². The van der Waals surface area contributed by atoms with Crippen LogP contribution in [-0.2, 0) is 15.1 Å². The molecule has 1 aliphatic rings. The highest BCUT2D eigenvalue weighted by Gasteiger charge is 2.27. The molecule has 0 aliphatic carbocycles. The van der Waals surface area contributed by atoms with Crippen LogP contribution in [0.5, 0.6) is 0 Å². The van der Waals surface area contributed by atoms with Crippen LogP contribution in [0.15, 0.2) is 24.3 Å². The molecule has 1 fully saturated rings. The summed E-state index contributed by atoms with van der Waals surface area (Å²) >= 11 is 0. The van der Waals surface area contributed by atoms with Gasteiger partial charge in [-0.25, -0.2) is 0 Å². The molecule has 2 rings (SSSR count). The Kier molecular flexibility index (Phi) is 3.09. The number of piperazine rings is 1. The van der Waals surface area contributed by atoms with E-state index in [1.54, 1.807) is 0 Å². The van der Waals surface area contributed by atoms with Crippen molar-refractivity contribution >= 4 is 17.5 Å². The average Bonchev–Trinajstić information content (AvgIpc) is 2.32. The van der Waals surface area contributed by atoms with Crippen LogP contribution in [0.2, 0.25) is 0 Å². The molecule has 1 aromatic carbocycles. The Labute approximate surface area is 106 Å². The molecule has 96 valence electrons. The SMILES string of the molecule is CC(C)(N)c1cccc(N2CCNC(=O)C2=O)c1. The smallest absolute Gasteiger partial charge is 0.316 e. The predicted molar refractivity (Wildman–Crippen MR) is 69.0 cm³/mol. The molecule has 1 saturated heterocycles. The Balaban J connectivity index is 2.34. The molecular formula is C13H17N3O2. The third-order valence-corrected chi connectivity index (χ3v) is 2.96. The van der Waals surface area contributed by atoms with Crippen LogP contribution >= 0.6 is 0 Å². The lowest BCUT2D eigenvalue weighted by molar-refractivity contribution is -0.138. The van der Waals surface area contributed by atoms with E-state index in [2.05, 4.69) is 5.32 Å². The Hall–Kier alpha value is -1.88. The minimum absolute atomic E-state index is 0.473. The van der Waals surface area contributed by atoms with Gasteiger partial charge in [-0.3, -0.25) is 9.59 Å². The fourth-order valence-corrected chi connectivity index (χ4v) is 1.90. The number of benzene rings is 1. The second kappa shape index (κ2) is 4.42. The first-order chi connectivity index (χ1) is 8.39. The molecular weight excluding hydrogens is 230 g/mol. The highest BCUT2D eigenvalue weighted by atomic mass is 16.2. The van der Waals surface area contributed by atoms with Crippen molar-refractivity contribution in [3.05, 3.63) is 29.8 Å². The van der Waals surface area contributed by atoms with E-state index in [9.17, 15) is 9.59 Å². The van der Waals surface area contributed by atoms with Crippen LogP contribution in [0.1, 0.15) is 19.4 Å². The molecule has 1 aromatic rings. The van der Waals surface area contributed by atoms with Gasteiger partial charge in [0.05, 0.1) is 0 Å². The van der Waals surface area contributed by atoms with Gasteiger partial charge < -0.3 is 16.0 Å². The molecule has 2 amide bonds. The van der Waals surface area contributed by atoms with Crippen molar-refractivity contribution in [1.29, 1.82) is 0 Å². The predicted octanol–water partition coefficient (Wildman–Crippen LogP) is 0.343. The molecule has 3 N–H and O–H groups in total. The molecule has 0 spiro atoms. The largest absolute Gasteiger partial charge is 0.346 e. The highest BCUT2D eigenvalue weighted by molar-refractivity contribution is 6.41. The Morgan fingerprint density at radius 1 is 1.33 bits per heavy atom. The van der Waals surface area contributed by atoms with Gasteiger partial charge in [0.15, 0.2) is 0 Å². The van der Waals surface area contributed by atoms with Gasteiger partial charge in [0.2, 0.25) is 0 Å². The maximum atomic E-state index is 11.8. The van der Waals surface area contributed by atoms with Crippen molar-refractivity contribution in [3.63, 3.8) is 0 Å². The first-order valence-corrected chi connectivity index (χ1v) is 5.89. The molecule has 5 nitrogen and oxygen atoms in total. The second-order valence-electron chi connectivity index (χ2n) is 4.98. The van der Waals surface area contributed by atoms with Gasteiger partial charge in [-0.05, 0) is 31.5 Å². The number of carbonyl (C=O) groups excluding carboxylic acids is 2. The van der Waals surface area contributed by atoms with Gasteiger partial charge in [0.25, 0.3) is 0 Å². The van der Waals surface area contributed by atoms with E-state index in [1.807, 2.05) is 38.1 Å². The first kappa shape index (κ1) is 12.6. The standard InChI is InChI=1S/C13H17N3O2/c1-13(2,14)9-4-3-5-10(8-9)16-7-6-15-11(17)12(16)18/h3-5,8H,6-7,14H2,1-2H3,(H,15,17). The van der Waals surface area contributed by atoms with Gasteiger partial charge in [0.1, 0.15) is 0 Å². The summed E-state index contributed by atoms with van der Waals surface area (Å²) in [7, 11) is 0. The quantitative estimate of drug-likeness (QED) is 0.740. The third kappa shape index (κ3) is 2.36. The van der Waals surface area contributed by atoms with E-state index in [4.69, 9.17) is 5.73 Å². The lowest BCUT2D eigenvalue weighted by Crippen LogP contribution is -2.52. The first-order valence-electron chi connectivity index (χ1n) is 5.89. The molecule has 0 unspecified atom stereocenters. The summed E-state index contributed by atoms with van der Waals surface area (Å²) in [6.45, 7) is 4.76. The zero-order valence-corrected chi connectivity index (χ0v) is 10.6. The number of hydrogen-bond donors (Lipinski definition) is 2. The number of nitrogens with two attached hydrogens (primary N) is 1. The summed E-state index contributed by atoms with van der Waals surface area (Å²) in [6.07, 6.45) is 0. The molecule has 1 heterocycles.